The smallest absolute Gasteiger partial charge is 0.306 e. The van der Waals surface area contributed by atoms with Crippen molar-refractivity contribution in [3.8, 4) is 0 Å². The Labute approximate surface area is 168 Å². The summed E-state index contributed by atoms with van der Waals surface area (Å²) in [6.07, 6.45) is -1.46. The number of primary amides is 1. The highest BCUT2D eigenvalue weighted by Gasteiger charge is 2.33. The number of nitro benzene ring substituents is 1. The predicted molar refractivity (Wildman–Crippen MR) is 104 cm³/mol. The van der Waals surface area contributed by atoms with Gasteiger partial charge in [-0.25, -0.2) is 0 Å². The van der Waals surface area contributed by atoms with Crippen LogP contribution in [0.1, 0.15) is 45.1 Å². The van der Waals surface area contributed by atoms with Crippen LogP contribution < -0.4 is 11.1 Å². The molecule has 0 heterocycles. The van der Waals surface area contributed by atoms with Gasteiger partial charge in [-0.15, -0.1) is 0 Å². The molecule has 0 radical (unpaired) electrons. The van der Waals surface area contributed by atoms with Gasteiger partial charge in [-0.2, -0.15) is 0 Å². The third kappa shape index (κ3) is 7.49. The molecule has 4 N–H and O–H groups in total. The SMILES string of the molecule is CCOC(=O)C[C@H](c1ccc([N+](=O)[O-])cc1)[C@@H](NC(=O)[C@H](O)CC(C)C)C(N)=O. The van der Waals surface area contributed by atoms with Crippen LogP contribution in [-0.4, -0.2) is 46.6 Å². The van der Waals surface area contributed by atoms with Gasteiger partial charge in [0.2, 0.25) is 11.8 Å². The summed E-state index contributed by atoms with van der Waals surface area (Å²) in [7, 11) is 0. The number of nitro groups is 1. The van der Waals surface area contributed by atoms with Gasteiger partial charge < -0.3 is 20.9 Å². The van der Waals surface area contributed by atoms with Crippen LogP contribution in [0.2, 0.25) is 0 Å². The molecule has 2 amide bonds. The number of esters is 1. The highest BCUT2D eigenvalue weighted by molar-refractivity contribution is 5.89. The molecule has 0 aliphatic heterocycles. The summed E-state index contributed by atoms with van der Waals surface area (Å²) in [5, 5.41) is 23.3. The van der Waals surface area contributed by atoms with Crippen molar-refractivity contribution < 1.29 is 29.2 Å². The molecule has 1 aromatic carbocycles. The summed E-state index contributed by atoms with van der Waals surface area (Å²) in [5.74, 6) is -3.23. The Balaban J connectivity index is 3.20. The van der Waals surface area contributed by atoms with Gasteiger partial charge in [0.15, 0.2) is 0 Å². The lowest BCUT2D eigenvalue weighted by atomic mass is 9.87. The Morgan fingerprint density at radius 2 is 1.83 bits per heavy atom. The van der Waals surface area contributed by atoms with Crippen molar-refractivity contribution in [1.29, 1.82) is 0 Å². The maximum absolute atomic E-state index is 12.3. The summed E-state index contributed by atoms with van der Waals surface area (Å²) >= 11 is 0. The minimum absolute atomic E-state index is 0.0350. The number of aliphatic hydroxyl groups excluding tert-OH is 1. The molecule has 0 saturated heterocycles. The van der Waals surface area contributed by atoms with Gasteiger partial charge in [-0.3, -0.25) is 24.5 Å². The average Bonchev–Trinajstić information content (AvgIpc) is 2.63. The highest BCUT2D eigenvalue weighted by atomic mass is 16.6. The van der Waals surface area contributed by atoms with Gasteiger partial charge in [-0.1, -0.05) is 26.0 Å². The molecule has 0 aliphatic carbocycles. The number of hydrogen-bond acceptors (Lipinski definition) is 7. The summed E-state index contributed by atoms with van der Waals surface area (Å²) in [6.45, 7) is 5.38. The van der Waals surface area contributed by atoms with E-state index in [0.717, 1.165) is 0 Å². The number of nitrogens with two attached hydrogens (primary N) is 1. The second kappa shape index (κ2) is 11.1. The van der Waals surface area contributed by atoms with Crippen LogP contribution in [0, 0.1) is 16.0 Å². The molecule has 0 spiro atoms. The van der Waals surface area contributed by atoms with Crippen molar-refractivity contribution in [3.63, 3.8) is 0 Å². The maximum atomic E-state index is 12.3. The van der Waals surface area contributed by atoms with Crippen LogP contribution in [0.15, 0.2) is 24.3 Å². The first-order valence-corrected chi connectivity index (χ1v) is 9.24. The number of aliphatic hydroxyl groups is 1. The zero-order valence-electron chi connectivity index (χ0n) is 16.7. The number of nitrogens with zero attached hydrogens (tertiary/aromatic N) is 1. The molecule has 160 valence electrons. The number of hydrogen-bond donors (Lipinski definition) is 3. The van der Waals surface area contributed by atoms with Crippen LogP contribution in [0.25, 0.3) is 0 Å². The molecule has 1 aromatic rings. The van der Waals surface area contributed by atoms with Gasteiger partial charge in [-0.05, 0) is 24.8 Å². The van der Waals surface area contributed by atoms with Crippen LogP contribution in [0.5, 0.6) is 0 Å². The second-order valence-electron chi connectivity index (χ2n) is 7.00. The number of rotatable bonds is 11. The lowest BCUT2D eigenvalue weighted by Crippen LogP contribution is -2.51. The fourth-order valence-corrected chi connectivity index (χ4v) is 2.84. The van der Waals surface area contributed by atoms with Crippen LogP contribution in [-0.2, 0) is 19.1 Å². The van der Waals surface area contributed by atoms with Crippen LogP contribution in [0.3, 0.4) is 0 Å². The van der Waals surface area contributed by atoms with E-state index in [0.29, 0.717) is 5.56 Å². The van der Waals surface area contributed by atoms with Crippen LogP contribution in [0.4, 0.5) is 5.69 Å². The number of carbonyl (C=O) groups excluding carboxylic acids is 3. The molecule has 10 nitrogen and oxygen atoms in total. The molecule has 0 unspecified atom stereocenters. The normalized spacial score (nSPS) is 14.0. The van der Waals surface area contributed by atoms with E-state index in [1.165, 1.54) is 24.3 Å². The van der Waals surface area contributed by atoms with E-state index in [9.17, 15) is 29.6 Å². The minimum atomic E-state index is -1.35. The van der Waals surface area contributed by atoms with Crippen molar-refractivity contribution in [3.05, 3.63) is 39.9 Å². The minimum Gasteiger partial charge on any atom is -0.466 e. The summed E-state index contributed by atoms with van der Waals surface area (Å²) < 4.78 is 4.93. The molecular weight excluding hydrogens is 382 g/mol. The number of non-ortho nitro benzene ring substituents is 1. The molecule has 0 fully saturated rings. The van der Waals surface area contributed by atoms with Gasteiger partial charge in [0, 0.05) is 18.1 Å². The summed E-state index contributed by atoms with van der Waals surface area (Å²) in [6, 6.07) is 3.89. The molecule has 0 aliphatic rings. The van der Waals surface area contributed by atoms with Crippen molar-refractivity contribution in [1.82, 2.24) is 5.32 Å². The number of carbonyl (C=O) groups is 3. The zero-order valence-corrected chi connectivity index (χ0v) is 16.7. The Kier molecular flexibility index (Phi) is 9.20. The highest BCUT2D eigenvalue weighted by Crippen LogP contribution is 2.27. The molecule has 29 heavy (non-hydrogen) atoms. The topological polar surface area (TPSA) is 162 Å². The maximum Gasteiger partial charge on any atom is 0.306 e. The van der Waals surface area contributed by atoms with Crippen molar-refractivity contribution in [2.45, 2.75) is 51.7 Å². The number of amides is 2. The van der Waals surface area contributed by atoms with E-state index in [1.807, 2.05) is 13.8 Å². The van der Waals surface area contributed by atoms with E-state index < -0.39 is 40.8 Å². The third-order valence-corrected chi connectivity index (χ3v) is 4.23. The van der Waals surface area contributed by atoms with E-state index in [-0.39, 0.29) is 31.1 Å². The Morgan fingerprint density at radius 3 is 2.28 bits per heavy atom. The standard InChI is InChI=1S/C19H27N3O7/c1-4-29-16(24)10-14(12-5-7-13(8-6-12)22(27)28)17(18(20)25)21-19(26)15(23)9-11(2)3/h5-8,11,14-15,17,23H,4,9-10H2,1-3H3,(H2,20,25)(H,21,26)/t14-,15-,17-/m1/s1. The molecule has 10 heteroatoms. The van der Waals surface area contributed by atoms with E-state index >= 15 is 0 Å². The molecule has 1 rings (SSSR count). The van der Waals surface area contributed by atoms with E-state index in [4.69, 9.17) is 10.5 Å². The summed E-state index contributed by atoms with van der Waals surface area (Å²) in [4.78, 5) is 46.7. The van der Waals surface area contributed by atoms with Crippen LogP contribution >= 0.6 is 0 Å². The van der Waals surface area contributed by atoms with Gasteiger partial charge in [0.1, 0.15) is 12.1 Å². The van der Waals surface area contributed by atoms with Gasteiger partial charge in [0.25, 0.3) is 5.69 Å². The Morgan fingerprint density at radius 1 is 1.24 bits per heavy atom. The monoisotopic (exact) mass is 409 g/mol. The third-order valence-electron chi connectivity index (χ3n) is 4.23. The molecule has 0 aromatic heterocycles. The van der Waals surface area contributed by atoms with Gasteiger partial charge >= 0.3 is 5.97 Å². The molecule has 0 saturated carbocycles. The van der Waals surface area contributed by atoms with E-state index in [1.54, 1.807) is 6.92 Å². The first kappa shape index (κ1) is 24.0. The summed E-state index contributed by atoms with van der Waals surface area (Å²) in [5.41, 5.74) is 5.67. The van der Waals surface area contributed by atoms with Crippen molar-refractivity contribution >= 4 is 23.5 Å². The fraction of sp³-hybridized carbons (Fsp3) is 0.526. The number of nitrogens with one attached hydrogen (secondary N) is 1. The molecule has 3 atom stereocenters. The first-order chi connectivity index (χ1) is 13.6. The van der Waals surface area contributed by atoms with Gasteiger partial charge in [0.05, 0.1) is 18.0 Å². The van der Waals surface area contributed by atoms with Crippen molar-refractivity contribution in [2.75, 3.05) is 6.61 Å². The lowest BCUT2D eigenvalue weighted by molar-refractivity contribution is -0.384. The number of benzene rings is 1. The number of ether oxygens (including phenoxy) is 1. The zero-order chi connectivity index (χ0) is 22.1. The fourth-order valence-electron chi connectivity index (χ4n) is 2.84. The second-order valence-corrected chi connectivity index (χ2v) is 7.00. The Bertz CT molecular complexity index is 734. The lowest BCUT2D eigenvalue weighted by Gasteiger charge is -2.26. The quantitative estimate of drug-likeness (QED) is 0.279. The largest absolute Gasteiger partial charge is 0.466 e. The molecular formula is C19H27N3O7. The first-order valence-electron chi connectivity index (χ1n) is 9.24. The molecule has 0 bridgehead atoms. The predicted octanol–water partition coefficient (Wildman–Crippen LogP) is 1.01. The van der Waals surface area contributed by atoms with Crippen molar-refractivity contribution in [2.24, 2.45) is 11.7 Å². The average molecular weight is 409 g/mol. The van der Waals surface area contributed by atoms with E-state index in [2.05, 4.69) is 5.32 Å². The Hall–Kier alpha value is -3.01.